The number of allylic oxidation sites excluding steroid dienone is 4. The Morgan fingerprint density at radius 3 is 1.51 bits per heavy atom. The van der Waals surface area contributed by atoms with E-state index in [2.05, 4.69) is 43.5 Å². The van der Waals surface area contributed by atoms with Gasteiger partial charge < -0.3 is 50.5 Å². The van der Waals surface area contributed by atoms with Crippen molar-refractivity contribution in [1.82, 2.24) is 5.32 Å². The third-order valence-electron chi connectivity index (χ3n) is 11.7. The first-order valence-corrected chi connectivity index (χ1v) is 24.2. The number of amides is 1. The van der Waals surface area contributed by atoms with Crippen LogP contribution in [0.2, 0.25) is 0 Å². The van der Waals surface area contributed by atoms with Gasteiger partial charge in [0.2, 0.25) is 5.91 Å². The molecule has 0 aromatic heterocycles. The molecule has 11 heteroatoms. The van der Waals surface area contributed by atoms with E-state index in [1.807, 2.05) is 0 Å². The molecule has 9 atom stereocenters. The fraction of sp³-hybridized carbons (Fsp3) is 0.896. The van der Waals surface area contributed by atoms with Gasteiger partial charge in [-0.05, 0) is 51.4 Å². The maximum Gasteiger partial charge on any atom is 0.249 e. The standard InChI is InChI=1S/C48H91NO10/c1-3-5-7-9-11-13-15-17-19-20-22-24-26-28-30-32-34-36-41(52)47(57)49-39(38-58-48-46(56)45(55)44(54)42(37-50)59-48)43(53)40(51)35-33-31-29-27-25-23-21-18-16-14-12-10-8-6-4-2/h18,21,27,29,39-46,48,50-56H,3-17,19-20,22-26,28,30-38H2,1-2H3,(H,49,57)/b21-18+,29-27+. The van der Waals surface area contributed by atoms with Crippen LogP contribution >= 0.6 is 0 Å². The minimum atomic E-state index is -1.67. The second-order valence-corrected chi connectivity index (χ2v) is 17.2. The molecule has 0 radical (unpaired) electrons. The Hall–Kier alpha value is -1.41. The molecule has 11 nitrogen and oxygen atoms in total. The second kappa shape index (κ2) is 38.3. The van der Waals surface area contributed by atoms with E-state index in [9.17, 15) is 40.5 Å². The summed E-state index contributed by atoms with van der Waals surface area (Å²) in [6, 6.07) is -1.19. The number of nitrogens with one attached hydrogen (secondary N) is 1. The van der Waals surface area contributed by atoms with Crippen molar-refractivity contribution in [3.05, 3.63) is 24.3 Å². The molecule has 1 aliphatic heterocycles. The van der Waals surface area contributed by atoms with Gasteiger partial charge in [0.1, 0.15) is 36.6 Å². The Balaban J connectivity index is 2.46. The van der Waals surface area contributed by atoms with Crippen molar-refractivity contribution >= 4 is 5.91 Å². The molecule has 1 fully saturated rings. The summed E-state index contributed by atoms with van der Waals surface area (Å²) in [4.78, 5) is 13.1. The zero-order valence-electron chi connectivity index (χ0n) is 37.5. The lowest BCUT2D eigenvalue weighted by Crippen LogP contribution is -2.60. The van der Waals surface area contributed by atoms with E-state index < -0.39 is 74.2 Å². The molecule has 0 bridgehead atoms. The predicted octanol–water partition coefficient (Wildman–Crippen LogP) is 8.23. The van der Waals surface area contributed by atoms with Crippen molar-refractivity contribution in [3.8, 4) is 0 Å². The summed E-state index contributed by atoms with van der Waals surface area (Å²) in [6.45, 7) is 3.42. The Labute approximate surface area is 359 Å². The molecule has 0 saturated carbocycles. The Bertz CT molecular complexity index is 1010. The average molecular weight is 842 g/mol. The molecule has 1 rings (SSSR count). The zero-order chi connectivity index (χ0) is 43.4. The van der Waals surface area contributed by atoms with Crippen LogP contribution in [0.25, 0.3) is 0 Å². The average Bonchev–Trinajstić information content (AvgIpc) is 3.23. The van der Waals surface area contributed by atoms with Gasteiger partial charge in [-0.15, -0.1) is 0 Å². The van der Waals surface area contributed by atoms with Gasteiger partial charge in [-0.1, -0.05) is 179 Å². The second-order valence-electron chi connectivity index (χ2n) is 17.2. The molecule has 0 aliphatic carbocycles. The number of hydrogen-bond acceptors (Lipinski definition) is 10. The maximum atomic E-state index is 13.1. The summed E-state index contributed by atoms with van der Waals surface area (Å²) in [5.41, 5.74) is 0. The summed E-state index contributed by atoms with van der Waals surface area (Å²) in [7, 11) is 0. The molecule has 0 aromatic carbocycles. The first kappa shape index (κ1) is 55.6. The Kier molecular flexibility index (Phi) is 36.1. The van der Waals surface area contributed by atoms with E-state index in [0.29, 0.717) is 19.3 Å². The molecular weight excluding hydrogens is 751 g/mol. The molecule has 0 aromatic rings. The monoisotopic (exact) mass is 842 g/mol. The normalized spacial score (nSPS) is 21.9. The number of unbranched alkanes of at least 4 members (excludes halogenated alkanes) is 24. The van der Waals surface area contributed by atoms with Crippen LogP contribution in [0.5, 0.6) is 0 Å². The molecule has 348 valence electrons. The smallest absolute Gasteiger partial charge is 0.249 e. The minimum absolute atomic E-state index is 0.248. The highest BCUT2D eigenvalue weighted by molar-refractivity contribution is 5.80. The van der Waals surface area contributed by atoms with Crippen LogP contribution in [-0.2, 0) is 14.3 Å². The lowest BCUT2D eigenvalue weighted by atomic mass is 9.98. The summed E-state index contributed by atoms with van der Waals surface area (Å²) in [5, 5.41) is 75.7. The highest BCUT2D eigenvalue weighted by atomic mass is 16.7. The third kappa shape index (κ3) is 28.0. The first-order valence-electron chi connectivity index (χ1n) is 24.2. The predicted molar refractivity (Wildman–Crippen MR) is 238 cm³/mol. The lowest BCUT2D eigenvalue weighted by Gasteiger charge is -2.40. The van der Waals surface area contributed by atoms with Crippen molar-refractivity contribution in [2.75, 3.05) is 13.2 Å². The number of hydrogen-bond donors (Lipinski definition) is 8. The van der Waals surface area contributed by atoms with Crippen molar-refractivity contribution in [2.45, 2.75) is 262 Å². The Morgan fingerprint density at radius 2 is 1.02 bits per heavy atom. The maximum absolute atomic E-state index is 13.1. The number of rotatable bonds is 40. The molecule has 0 spiro atoms. The van der Waals surface area contributed by atoms with Gasteiger partial charge in [0.15, 0.2) is 6.29 Å². The number of aliphatic hydroxyl groups excluding tert-OH is 7. The van der Waals surface area contributed by atoms with Crippen LogP contribution in [0.15, 0.2) is 24.3 Å². The quantitative estimate of drug-likeness (QED) is 0.0221. The lowest BCUT2D eigenvalue weighted by molar-refractivity contribution is -0.303. The van der Waals surface area contributed by atoms with Crippen LogP contribution in [-0.4, -0.2) is 110 Å². The van der Waals surface area contributed by atoms with Crippen LogP contribution < -0.4 is 5.32 Å². The van der Waals surface area contributed by atoms with E-state index in [1.165, 1.54) is 122 Å². The van der Waals surface area contributed by atoms with Gasteiger partial charge in [0.05, 0.1) is 25.4 Å². The number of aliphatic hydroxyl groups is 7. The highest BCUT2D eigenvalue weighted by Gasteiger charge is 2.44. The number of carbonyl (C=O) groups excluding carboxylic acids is 1. The molecule has 9 unspecified atom stereocenters. The Morgan fingerprint density at radius 1 is 0.576 bits per heavy atom. The summed E-state index contributed by atoms with van der Waals surface area (Å²) >= 11 is 0. The summed E-state index contributed by atoms with van der Waals surface area (Å²) < 4.78 is 11.1. The van der Waals surface area contributed by atoms with Gasteiger partial charge in [-0.25, -0.2) is 0 Å². The van der Waals surface area contributed by atoms with Crippen molar-refractivity contribution in [3.63, 3.8) is 0 Å². The molecule has 1 saturated heterocycles. The molecule has 1 aliphatic rings. The largest absolute Gasteiger partial charge is 0.394 e. The fourth-order valence-electron chi connectivity index (χ4n) is 7.69. The van der Waals surface area contributed by atoms with E-state index in [-0.39, 0.29) is 12.8 Å². The van der Waals surface area contributed by atoms with Gasteiger partial charge in [0, 0.05) is 0 Å². The zero-order valence-corrected chi connectivity index (χ0v) is 37.5. The van der Waals surface area contributed by atoms with E-state index in [4.69, 9.17) is 9.47 Å². The first-order chi connectivity index (χ1) is 28.7. The number of ether oxygens (including phenoxy) is 2. The summed E-state index contributed by atoms with van der Waals surface area (Å²) in [5.74, 6) is -0.709. The van der Waals surface area contributed by atoms with Crippen LogP contribution in [0.1, 0.15) is 206 Å². The number of carbonyl (C=O) groups is 1. The van der Waals surface area contributed by atoms with Crippen molar-refractivity contribution in [1.29, 1.82) is 0 Å². The minimum Gasteiger partial charge on any atom is -0.394 e. The van der Waals surface area contributed by atoms with Crippen molar-refractivity contribution < 1.29 is 50.0 Å². The van der Waals surface area contributed by atoms with Gasteiger partial charge >= 0.3 is 0 Å². The van der Waals surface area contributed by atoms with Gasteiger partial charge in [-0.2, -0.15) is 0 Å². The third-order valence-corrected chi connectivity index (χ3v) is 11.7. The summed E-state index contributed by atoms with van der Waals surface area (Å²) in [6.07, 6.45) is 30.8. The van der Waals surface area contributed by atoms with Gasteiger partial charge in [-0.3, -0.25) is 4.79 Å². The van der Waals surface area contributed by atoms with Crippen molar-refractivity contribution in [2.24, 2.45) is 0 Å². The topological polar surface area (TPSA) is 189 Å². The van der Waals surface area contributed by atoms with Gasteiger partial charge in [0.25, 0.3) is 0 Å². The SMILES string of the molecule is CCCCCCCC/C=C/CC/C=C/CCCC(O)C(O)C(COC1OC(CO)C(O)C(O)C1O)NC(=O)C(O)CCCCCCCCCCCCCCCCCCC. The molecule has 8 N–H and O–H groups in total. The molecular formula is C48H91NO10. The van der Waals surface area contributed by atoms with Crippen LogP contribution in [0, 0.1) is 0 Å². The molecule has 59 heavy (non-hydrogen) atoms. The molecule has 1 amide bonds. The molecule has 1 heterocycles. The highest BCUT2D eigenvalue weighted by Crippen LogP contribution is 2.23. The fourth-order valence-corrected chi connectivity index (χ4v) is 7.69. The van der Waals surface area contributed by atoms with E-state index >= 15 is 0 Å². The van der Waals surface area contributed by atoms with Crippen LogP contribution in [0.4, 0.5) is 0 Å². The van der Waals surface area contributed by atoms with E-state index in [0.717, 1.165) is 38.5 Å². The van der Waals surface area contributed by atoms with Crippen LogP contribution in [0.3, 0.4) is 0 Å². The van der Waals surface area contributed by atoms with E-state index in [1.54, 1.807) is 0 Å².